The van der Waals surface area contributed by atoms with Crippen molar-refractivity contribution >= 4 is 15.9 Å². The van der Waals surface area contributed by atoms with Gasteiger partial charge in [-0.3, -0.25) is 4.79 Å². The number of nitrogens with zero attached hydrogens (tertiary/aromatic N) is 3. The second-order valence-electron chi connectivity index (χ2n) is 5.83. The molecular formula is C17H23N3O3S. The molecule has 0 saturated carbocycles. The molecule has 1 saturated heterocycles. The Labute approximate surface area is 143 Å². The van der Waals surface area contributed by atoms with E-state index in [1.54, 1.807) is 17.0 Å². The van der Waals surface area contributed by atoms with Gasteiger partial charge in [-0.05, 0) is 44.9 Å². The smallest absolute Gasteiger partial charge is 0.243 e. The number of benzene rings is 1. The van der Waals surface area contributed by atoms with E-state index >= 15 is 0 Å². The van der Waals surface area contributed by atoms with Gasteiger partial charge >= 0.3 is 0 Å². The molecule has 1 aromatic carbocycles. The summed E-state index contributed by atoms with van der Waals surface area (Å²) in [6.45, 7) is 5.91. The maximum absolute atomic E-state index is 12.7. The van der Waals surface area contributed by atoms with E-state index in [9.17, 15) is 13.2 Å². The summed E-state index contributed by atoms with van der Waals surface area (Å²) < 4.78 is 26.8. The van der Waals surface area contributed by atoms with Gasteiger partial charge in [0.15, 0.2) is 0 Å². The van der Waals surface area contributed by atoms with Gasteiger partial charge in [0.2, 0.25) is 15.9 Å². The fourth-order valence-corrected chi connectivity index (χ4v) is 4.53. The molecule has 6 nitrogen and oxygen atoms in total. The zero-order valence-electron chi connectivity index (χ0n) is 14.1. The van der Waals surface area contributed by atoms with Gasteiger partial charge in [0.1, 0.15) is 0 Å². The van der Waals surface area contributed by atoms with E-state index in [4.69, 9.17) is 5.26 Å². The van der Waals surface area contributed by atoms with Crippen LogP contribution < -0.4 is 0 Å². The lowest BCUT2D eigenvalue weighted by Gasteiger charge is -2.33. The number of carbonyl (C=O) groups is 1. The second kappa shape index (κ2) is 7.77. The molecule has 1 aliphatic rings. The Hall–Kier alpha value is -1.91. The lowest BCUT2D eigenvalue weighted by atomic mass is 9.96. The highest BCUT2D eigenvalue weighted by Crippen LogP contribution is 2.25. The first-order valence-electron chi connectivity index (χ1n) is 8.23. The van der Waals surface area contributed by atoms with E-state index in [2.05, 4.69) is 0 Å². The summed E-state index contributed by atoms with van der Waals surface area (Å²) in [4.78, 5) is 14.3. The van der Waals surface area contributed by atoms with Crippen molar-refractivity contribution in [2.75, 3.05) is 26.2 Å². The molecule has 0 atom stereocenters. The average Bonchev–Trinajstić information content (AvgIpc) is 2.62. The first-order chi connectivity index (χ1) is 11.4. The number of amides is 1. The molecule has 0 N–H and O–H groups in total. The van der Waals surface area contributed by atoms with Crippen LogP contribution in [-0.4, -0.2) is 49.7 Å². The van der Waals surface area contributed by atoms with E-state index in [0.717, 1.165) is 0 Å². The van der Waals surface area contributed by atoms with Crippen LogP contribution in [0.25, 0.3) is 0 Å². The molecule has 130 valence electrons. The Kier molecular flexibility index (Phi) is 5.97. The van der Waals surface area contributed by atoms with E-state index in [-0.39, 0.29) is 16.7 Å². The number of carbonyl (C=O) groups excluding carboxylic acids is 1. The van der Waals surface area contributed by atoms with Crippen LogP contribution in [0.15, 0.2) is 29.2 Å². The molecule has 0 unspecified atom stereocenters. The molecule has 0 spiro atoms. The predicted molar refractivity (Wildman–Crippen MR) is 90.6 cm³/mol. The van der Waals surface area contributed by atoms with Crippen LogP contribution in [0.2, 0.25) is 0 Å². The molecule has 7 heteroatoms. The van der Waals surface area contributed by atoms with Gasteiger partial charge < -0.3 is 4.90 Å². The Bertz CT molecular complexity index is 728. The minimum absolute atomic E-state index is 0.109. The standard InChI is InChI=1S/C17H23N3O3S/c1-3-19(4-2)17(21)15-8-10-20(11-9-15)24(22,23)16-7-5-6-14(12-16)13-18/h5-7,12,15H,3-4,8-11H2,1-2H3. The minimum atomic E-state index is -3.62. The molecule has 1 aliphatic heterocycles. The Morgan fingerprint density at radius 2 is 1.92 bits per heavy atom. The fourth-order valence-electron chi connectivity index (χ4n) is 3.01. The maximum Gasteiger partial charge on any atom is 0.243 e. The number of hydrogen-bond donors (Lipinski definition) is 0. The van der Waals surface area contributed by atoms with Crippen molar-refractivity contribution in [2.24, 2.45) is 5.92 Å². The van der Waals surface area contributed by atoms with Gasteiger partial charge in [0.25, 0.3) is 0 Å². The van der Waals surface area contributed by atoms with Crippen LogP contribution in [0.3, 0.4) is 0 Å². The Balaban J connectivity index is 2.08. The van der Waals surface area contributed by atoms with Crippen molar-refractivity contribution in [1.82, 2.24) is 9.21 Å². The summed E-state index contributed by atoms with van der Waals surface area (Å²) in [5.41, 5.74) is 0.322. The summed E-state index contributed by atoms with van der Waals surface area (Å²) in [7, 11) is -3.62. The van der Waals surface area contributed by atoms with Crippen molar-refractivity contribution < 1.29 is 13.2 Å². The largest absolute Gasteiger partial charge is 0.343 e. The van der Waals surface area contributed by atoms with Crippen LogP contribution >= 0.6 is 0 Å². The van der Waals surface area contributed by atoms with Crippen molar-refractivity contribution in [3.63, 3.8) is 0 Å². The summed E-state index contributed by atoms with van der Waals surface area (Å²) in [6, 6.07) is 8.00. The number of nitriles is 1. The van der Waals surface area contributed by atoms with Crippen LogP contribution in [0, 0.1) is 17.2 Å². The average molecular weight is 349 g/mol. The van der Waals surface area contributed by atoms with Crippen LogP contribution in [0.4, 0.5) is 0 Å². The minimum Gasteiger partial charge on any atom is -0.343 e. The highest BCUT2D eigenvalue weighted by molar-refractivity contribution is 7.89. The van der Waals surface area contributed by atoms with Crippen molar-refractivity contribution in [1.29, 1.82) is 5.26 Å². The lowest BCUT2D eigenvalue weighted by molar-refractivity contribution is -0.136. The second-order valence-corrected chi connectivity index (χ2v) is 7.77. The topological polar surface area (TPSA) is 81.5 Å². The van der Waals surface area contributed by atoms with Crippen molar-refractivity contribution in [3.8, 4) is 6.07 Å². The lowest BCUT2D eigenvalue weighted by Crippen LogP contribution is -2.44. The van der Waals surface area contributed by atoms with E-state index in [0.29, 0.717) is 44.6 Å². The van der Waals surface area contributed by atoms with E-state index < -0.39 is 10.0 Å². The van der Waals surface area contributed by atoms with Crippen LogP contribution in [-0.2, 0) is 14.8 Å². The third kappa shape index (κ3) is 3.77. The van der Waals surface area contributed by atoms with Crippen LogP contribution in [0.1, 0.15) is 32.3 Å². The van der Waals surface area contributed by atoms with Crippen molar-refractivity contribution in [3.05, 3.63) is 29.8 Å². The van der Waals surface area contributed by atoms with Crippen molar-refractivity contribution in [2.45, 2.75) is 31.6 Å². The van der Waals surface area contributed by atoms with Gasteiger partial charge in [-0.15, -0.1) is 0 Å². The number of rotatable bonds is 5. The highest BCUT2D eigenvalue weighted by atomic mass is 32.2. The molecule has 24 heavy (non-hydrogen) atoms. The Morgan fingerprint density at radius 3 is 2.46 bits per heavy atom. The molecule has 0 radical (unpaired) electrons. The molecule has 0 aromatic heterocycles. The Morgan fingerprint density at radius 1 is 1.29 bits per heavy atom. The molecular weight excluding hydrogens is 326 g/mol. The van der Waals surface area contributed by atoms with Crippen LogP contribution in [0.5, 0.6) is 0 Å². The molecule has 1 heterocycles. The first kappa shape index (κ1) is 18.4. The quantitative estimate of drug-likeness (QED) is 0.812. The summed E-state index contributed by atoms with van der Waals surface area (Å²) in [5, 5.41) is 8.93. The van der Waals surface area contributed by atoms with E-state index in [1.807, 2.05) is 19.9 Å². The summed E-state index contributed by atoms with van der Waals surface area (Å²) in [5.74, 6) is 0.00492. The third-order valence-corrected chi connectivity index (χ3v) is 6.37. The summed E-state index contributed by atoms with van der Waals surface area (Å²) in [6.07, 6.45) is 1.07. The van der Waals surface area contributed by atoms with Gasteiger partial charge in [-0.25, -0.2) is 8.42 Å². The van der Waals surface area contributed by atoms with Gasteiger partial charge in [-0.1, -0.05) is 6.07 Å². The highest BCUT2D eigenvalue weighted by Gasteiger charge is 2.33. The molecule has 0 aliphatic carbocycles. The zero-order chi connectivity index (χ0) is 17.7. The zero-order valence-corrected chi connectivity index (χ0v) is 14.9. The monoisotopic (exact) mass is 349 g/mol. The van der Waals surface area contributed by atoms with Gasteiger partial charge in [0, 0.05) is 32.1 Å². The first-order valence-corrected chi connectivity index (χ1v) is 9.67. The molecule has 1 amide bonds. The molecule has 1 aromatic rings. The SMILES string of the molecule is CCN(CC)C(=O)C1CCN(S(=O)(=O)c2cccc(C#N)c2)CC1. The van der Waals surface area contributed by atoms with E-state index in [1.165, 1.54) is 16.4 Å². The van der Waals surface area contributed by atoms with Gasteiger partial charge in [-0.2, -0.15) is 9.57 Å². The maximum atomic E-state index is 12.7. The molecule has 0 bridgehead atoms. The summed E-state index contributed by atoms with van der Waals surface area (Å²) >= 11 is 0. The number of hydrogen-bond acceptors (Lipinski definition) is 4. The number of sulfonamides is 1. The normalized spacial score (nSPS) is 16.5. The predicted octanol–water partition coefficient (Wildman–Crippen LogP) is 1.83. The third-order valence-electron chi connectivity index (χ3n) is 4.48. The fraction of sp³-hybridized carbons (Fsp3) is 0.529. The number of piperidine rings is 1. The molecule has 1 fully saturated rings. The van der Waals surface area contributed by atoms with Gasteiger partial charge in [0.05, 0.1) is 16.5 Å². The molecule has 2 rings (SSSR count).